The minimum atomic E-state index is -4.77. The first kappa shape index (κ1) is 13.9. The van der Waals surface area contributed by atoms with Gasteiger partial charge >= 0.3 is 12.1 Å². The van der Waals surface area contributed by atoms with Crippen LogP contribution < -0.4 is 0 Å². The summed E-state index contributed by atoms with van der Waals surface area (Å²) in [5, 5.41) is 9.43. The third-order valence-electron chi connectivity index (χ3n) is 2.81. The highest BCUT2D eigenvalue weighted by atomic mass is 79.9. The van der Waals surface area contributed by atoms with Crippen LogP contribution in [0.15, 0.2) is 34.9 Å². The molecule has 0 bridgehead atoms. The predicted octanol–water partition coefficient (Wildman–Crippen LogP) is 3.67. The number of halogens is 4. The zero-order chi connectivity index (χ0) is 14.2. The van der Waals surface area contributed by atoms with Crippen LogP contribution in [-0.2, 0) is 11.3 Å². The second-order valence-electron chi connectivity index (χ2n) is 4.10. The first-order valence-electron chi connectivity index (χ1n) is 5.33. The van der Waals surface area contributed by atoms with Crippen LogP contribution in [-0.4, -0.2) is 21.8 Å². The smallest absolute Gasteiger partial charge is 0.403 e. The largest absolute Gasteiger partial charge is 0.481 e. The molecule has 0 saturated carbocycles. The van der Waals surface area contributed by atoms with Gasteiger partial charge in [-0.1, -0.05) is 15.9 Å². The summed E-state index contributed by atoms with van der Waals surface area (Å²) in [6, 6.07) is 6.75. The van der Waals surface area contributed by atoms with Crippen molar-refractivity contribution in [3.05, 3.63) is 34.9 Å². The normalized spacial score (nSPS) is 13.7. The number of aliphatic carboxylic acids is 1. The van der Waals surface area contributed by atoms with E-state index < -0.39 is 24.6 Å². The molecule has 19 heavy (non-hydrogen) atoms. The van der Waals surface area contributed by atoms with E-state index in [1.807, 2.05) is 0 Å². The lowest BCUT2D eigenvalue weighted by Crippen LogP contribution is -2.34. The molecule has 1 heterocycles. The second kappa shape index (κ2) is 4.88. The summed E-state index contributed by atoms with van der Waals surface area (Å²) in [5.41, 5.74) is 0.568. The number of rotatable bonds is 3. The minimum Gasteiger partial charge on any atom is -0.481 e. The molecule has 0 spiro atoms. The molecule has 102 valence electrons. The van der Waals surface area contributed by atoms with Gasteiger partial charge < -0.3 is 9.67 Å². The van der Waals surface area contributed by atoms with E-state index in [1.165, 1.54) is 10.8 Å². The number of alkyl halides is 3. The molecule has 1 aromatic heterocycles. The Bertz CT molecular complexity index is 621. The molecule has 1 atom stereocenters. The van der Waals surface area contributed by atoms with Crippen molar-refractivity contribution in [2.24, 2.45) is 5.92 Å². The van der Waals surface area contributed by atoms with Crippen molar-refractivity contribution in [1.82, 2.24) is 4.57 Å². The first-order valence-corrected chi connectivity index (χ1v) is 6.12. The Morgan fingerprint density at radius 1 is 1.37 bits per heavy atom. The van der Waals surface area contributed by atoms with E-state index >= 15 is 0 Å². The molecule has 0 saturated heterocycles. The summed E-state index contributed by atoms with van der Waals surface area (Å²) >= 11 is 3.26. The van der Waals surface area contributed by atoms with Crippen LogP contribution in [0.1, 0.15) is 0 Å². The number of aromatic nitrogens is 1. The fraction of sp³-hybridized carbons (Fsp3) is 0.250. The van der Waals surface area contributed by atoms with Crippen molar-refractivity contribution in [1.29, 1.82) is 0 Å². The molecule has 2 rings (SSSR count). The summed E-state index contributed by atoms with van der Waals surface area (Å²) in [7, 11) is 0. The van der Waals surface area contributed by atoms with E-state index in [0.29, 0.717) is 5.52 Å². The Labute approximate surface area is 114 Å². The quantitative estimate of drug-likeness (QED) is 0.929. The molecule has 0 radical (unpaired) electrons. The molecule has 0 aliphatic heterocycles. The van der Waals surface area contributed by atoms with Crippen molar-refractivity contribution in [2.75, 3.05) is 0 Å². The Kier molecular flexibility index (Phi) is 3.58. The van der Waals surface area contributed by atoms with Gasteiger partial charge in [0.1, 0.15) is 0 Å². The highest BCUT2D eigenvalue weighted by Crippen LogP contribution is 2.29. The van der Waals surface area contributed by atoms with Gasteiger partial charge in [-0.25, -0.2) is 0 Å². The van der Waals surface area contributed by atoms with Crippen molar-refractivity contribution in [3.63, 3.8) is 0 Å². The Morgan fingerprint density at radius 3 is 2.63 bits per heavy atom. The van der Waals surface area contributed by atoms with Crippen LogP contribution in [0.25, 0.3) is 10.9 Å². The lowest BCUT2D eigenvalue weighted by molar-refractivity contribution is -0.195. The number of carbonyl (C=O) groups is 1. The molecule has 1 N–H and O–H groups in total. The van der Waals surface area contributed by atoms with E-state index in [9.17, 15) is 18.0 Å². The molecule has 0 aliphatic carbocycles. The fourth-order valence-electron chi connectivity index (χ4n) is 1.85. The monoisotopic (exact) mass is 335 g/mol. The summed E-state index contributed by atoms with van der Waals surface area (Å²) < 4.78 is 40.0. The lowest BCUT2D eigenvalue weighted by atomic mass is 10.1. The zero-order valence-electron chi connectivity index (χ0n) is 9.49. The van der Waals surface area contributed by atoms with E-state index in [1.54, 1.807) is 24.3 Å². The highest BCUT2D eigenvalue weighted by Gasteiger charge is 2.45. The number of benzene rings is 1. The van der Waals surface area contributed by atoms with Gasteiger partial charge in [0.05, 0.1) is 0 Å². The van der Waals surface area contributed by atoms with Gasteiger partial charge in [-0.15, -0.1) is 0 Å². The molecule has 3 nitrogen and oxygen atoms in total. The van der Waals surface area contributed by atoms with Gasteiger partial charge in [-0.2, -0.15) is 13.2 Å². The molecule has 1 aromatic carbocycles. The maximum Gasteiger partial charge on any atom is 0.403 e. The predicted molar refractivity (Wildman–Crippen MR) is 66.8 cm³/mol. The number of hydrogen-bond donors (Lipinski definition) is 1. The third kappa shape index (κ3) is 2.91. The molecule has 0 amide bonds. The van der Waals surface area contributed by atoms with Crippen LogP contribution in [0.4, 0.5) is 13.2 Å². The number of hydrogen-bond acceptors (Lipinski definition) is 1. The van der Waals surface area contributed by atoms with Crippen molar-refractivity contribution in [2.45, 2.75) is 12.7 Å². The van der Waals surface area contributed by atoms with Crippen LogP contribution in [0.2, 0.25) is 0 Å². The van der Waals surface area contributed by atoms with Gasteiger partial charge in [-0.05, 0) is 24.3 Å². The number of fused-ring (bicyclic) bond motifs is 1. The van der Waals surface area contributed by atoms with Crippen LogP contribution in [0.3, 0.4) is 0 Å². The Balaban J connectivity index is 2.37. The molecule has 0 fully saturated rings. The topological polar surface area (TPSA) is 42.2 Å². The fourth-order valence-corrected chi connectivity index (χ4v) is 2.23. The van der Waals surface area contributed by atoms with Crippen molar-refractivity contribution >= 4 is 32.8 Å². The first-order chi connectivity index (χ1) is 8.79. The average molecular weight is 336 g/mol. The standard InChI is InChI=1S/C12H9BrF3NO2/c13-8-1-2-10-7(5-8)3-4-17(10)6-9(11(18)19)12(14,15)16/h1-5,9H,6H2,(H,18,19). The molecule has 1 unspecified atom stereocenters. The second-order valence-corrected chi connectivity index (χ2v) is 5.02. The van der Waals surface area contributed by atoms with E-state index in [2.05, 4.69) is 15.9 Å². The Hall–Kier alpha value is -1.50. The van der Waals surface area contributed by atoms with E-state index in [0.717, 1.165) is 9.86 Å². The maximum atomic E-state index is 12.6. The average Bonchev–Trinajstić information content (AvgIpc) is 2.66. The van der Waals surface area contributed by atoms with Gasteiger partial charge in [0.25, 0.3) is 0 Å². The maximum absolute atomic E-state index is 12.6. The third-order valence-corrected chi connectivity index (χ3v) is 3.30. The summed E-state index contributed by atoms with van der Waals surface area (Å²) in [6.45, 7) is -0.635. The zero-order valence-corrected chi connectivity index (χ0v) is 11.1. The number of carboxylic acid groups (broad SMARTS) is 1. The number of nitrogens with zero attached hydrogens (tertiary/aromatic N) is 1. The van der Waals surface area contributed by atoms with Crippen LogP contribution >= 0.6 is 15.9 Å². The van der Waals surface area contributed by atoms with Gasteiger partial charge in [0.15, 0.2) is 5.92 Å². The van der Waals surface area contributed by atoms with Crippen molar-refractivity contribution < 1.29 is 23.1 Å². The highest BCUT2D eigenvalue weighted by molar-refractivity contribution is 9.10. The van der Waals surface area contributed by atoms with Crippen LogP contribution in [0.5, 0.6) is 0 Å². The molecule has 7 heteroatoms. The van der Waals surface area contributed by atoms with Gasteiger partial charge in [-0.3, -0.25) is 4.79 Å². The van der Waals surface area contributed by atoms with Crippen molar-refractivity contribution in [3.8, 4) is 0 Å². The van der Waals surface area contributed by atoms with E-state index in [4.69, 9.17) is 5.11 Å². The molecular weight excluding hydrogens is 327 g/mol. The molecule has 2 aromatic rings. The molecular formula is C12H9BrF3NO2. The van der Waals surface area contributed by atoms with E-state index in [-0.39, 0.29) is 0 Å². The summed E-state index contributed by atoms with van der Waals surface area (Å²) in [5.74, 6) is -4.28. The number of carboxylic acids is 1. The Morgan fingerprint density at radius 2 is 2.05 bits per heavy atom. The SMILES string of the molecule is O=C(O)C(Cn1ccc2cc(Br)ccc21)C(F)(F)F. The van der Waals surface area contributed by atoms with Gasteiger partial charge in [0.2, 0.25) is 0 Å². The van der Waals surface area contributed by atoms with Gasteiger partial charge in [0, 0.05) is 28.1 Å². The van der Waals surface area contributed by atoms with Crippen LogP contribution in [0, 0.1) is 5.92 Å². The lowest BCUT2D eigenvalue weighted by Gasteiger charge is -2.17. The minimum absolute atomic E-state index is 0.568. The molecule has 0 aliphatic rings. The summed E-state index contributed by atoms with van der Waals surface area (Å²) in [4.78, 5) is 10.7. The summed E-state index contributed by atoms with van der Waals surface area (Å²) in [6.07, 6.45) is -3.31.